The largest absolute Gasteiger partial charge is 0.457 e. The molecule has 4 rings (SSSR count). The van der Waals surface area contributed by atoms with E-state index in [4.69, 9.17) is 4.74 Å². The lowest BCUT2D eigenvalue weighted by Crippen LogP contribution is -2.08. The van der Waals surface area contributed by atoms with E-state index in [2.05, 4.69) is 5.10 Å². The lowest BCUT2D eigenvalue weighted by atomic mass is 10.0. The zero-order valence-corrected chi connectivity index (χ0v) is 13.9. The number of aryl methyl sites for hydroxylation is 1. The first-order valence-electron chi connectivity index (χ1n) is 8.39. The second kappa shape index (κ2) is 6.71. The molecule has 2 aromatic carbocycles. The number of halogens is 2. The maximum atomic E-state index is 13.6. The molecule has 0 N–H and O–H groups in total. The molecule has 1 aliphatic rings. The third kappa shape index (κ3) is 2.98. The minimum atomic E-state index is -0.973. The molecule has 1 aliphatic heterocycles. The van der Waals surface area contributed by atoms with Gasteiger partial charge in [-0.3, -0.25) is 4.68 Å². The van der Waals surface area contributed by atoms with Crippen LogP contribution in [0.5, 0.6) is 0 Å². The van der Waals surface area contributed by atoms with Crippen LogP contribution in [-0.4, -0.2) is 15.7 Å². The van der Waals surface area contributed by atoms with E-state index < -0.39 is 17.6 Å². The number of fused-ring (bicyclic) bond motifs is 1. The number of ether oxygens (including phenoxy) is 1. The van der Waals surface area contributed by atoms with E-state index >= 15 is 0 Å². The number of hydrogen-bond donors (Lipinski definition) is 0. The van der Waals surface area contributed by atoms with E-state index in [0.29, 0.717) is 29.8 Å². The molecule has 26 heavy (non-hydrogen) atoms. The highest BCUT2D eigenvalue weighted by atomic mass is 19.2. The van der Waals surface area contributed by atoms with Gasteiger partial charge in [0.25, 0.3) is 0 Å². The molecule has 0 saturated carbocycles. The van der Waals surface area contributed by atoms with Gasteiger partial charge in [0, 0.05) is 12.1 Å². The van der Waals surface area contributed by atoms with Gasteiger partial charge in [-0.25, -0.2) is 13.6 Å². The van der Waals surface area contributed by atoms with Gasteiger partial charge in [0.1, 0.15) is 17.9 Å². The van der Waals surface area contributed by atoms with Crippen LogP contribution in [0, 0.1) is 11.6 Å². The SMILES string of the molecule is O=C(OCc1ccccc1)c1c(-c2ccc(F)c(F)c2)nn2c1CCC2. The van der Waals surface area contributed by atoms with Gasteiger partial charge in [0.15, 0.2) is 11.6 Å². The summed E-state index contributed by atoms with van der Waals surface area (Å²) in [7, 11) is 0. The number of benzene rings is 2. The summed E-state index contributed by atoms with van der Waals surface area (Å²) in [6.07, 6.45) is 1.59. The summed E-state index contributed by atoms with van der Waals surface area (Å²) in [5, 5.41) is 4.43. The fourth-order valence-electron chi connectivity index (χ4n) is 3.19. The van der Waals surface area contributed by atoms with Crippen molar-refractivity contribution in [1.82, 2.24) is 9.78 Å². The lowest BCUT2D eigenvalue weighted by Gasteiger charge is -2.07. The van der Waals surface area contributed by atoms with E-state index in [1.807, 2.05) is 30.3 Å². The topological polar surface area (TPSA) is 44.1 Å². The highest BCUT2D eigenvalue weighted by molar-refractivity contribution is 5.97. The van der Waals surface area contributed by atoms with Gasteiger partial charge in [-0.2, -0.15) is 5.10 Å². The van der Waals surface area contributed by atoms with Crippen LogP contribution in [0.1, 0.15) is 28.0 Å². The number of carbonyl (C=O) groups is 1. The zero-order chi connectivity index (χ0) is 18.1. The first-order chi connectivity index (χ1) is 12.6. The molecule has 0 fully saturated rings. The Hall–Kier alpha value is -3.02. The van der Waals surface area contributed by atoms with Crippen LogP contribution < -0.4 is 0 Å². The van der Waals surface area contributed by atoms with Gasteiger partial charge in [0.2, 0.25) is 0 Å². The monoisotopic (exact) mass is 354 g/mol. The van der Waals surface area contributed by atoms with Gasteiger partial charge in [-0.1, -0.05) is 30.3 Å². The minimum Gasteiger partial charge on any atom is -0.457 e. The number of hydrogen-bond acceptors (Lipinski definition) is 3. The van der Waals surface area contributed by atoms with Crippen LogP contribution in [0.15, 0.2) is 48.5 Å². The normalized spacial score (nSPS) is 12.8. The molecule has 0 radical (unpaired) electrons. The molecule has 0 bridgehead atoms. The van der Waals surface area contributed by atoms with Crippen LogP contribution in [0.2, 0.25) is 0 Å². The van der Waals surface area contributed by atoms with E-state index in [1.165, 1.54) is 6.07 Å². The minimum absolute atomic E-state index is 0.140. The van der Waals surface area contributed by atoms with Crippen LogP contribution in [-0.2, 0) is 24.3 Å². The van der Waals surface area contributed by atoms with Crippen LogP contribution in [0.4, 0.5) is 8.78 Å². The summed E-state index contributed by atoms with van der Waals surface area (Å²) in [4.78, 5) is 12.7. The highest BCUT2D eigenvalue weighted by Crippen LogP contribution is 2.31. The van der Waals surface area contributed by atoms with E-state index in [9.17, 15) is 13.6 Å². The molecular weight excluding hydrogens is 338 g/mol. The second-order valence-corrected chi connectivity index (χ2v) is 6.19. The molecular formula is C20H16F2N2O2. The Morgan fingerprint density at radius 1 is 1.12 bits per heavy atom. The lowest BCUT2D eigenvalue weighted by molar-refractivity contribution is 0.0472. The number of aromatic nitrogens is 2. The van der Waals surface area contributed by atoms with Crippen molar-refractivity contribution in [2.24, 2.45) is 0 Å². The van der Waals surface area contributed by atoms with Crippen molar-refractivity contribution in [3.63, 3.8) is 0 Å². The maximum absolute atomic E-state index is 13.6. The van der Waals surface area contributed by atoms with Crippen LogP contribution >= 0.6 is 0 Å². The van der Waals surface area contributed by atoms with Crippen molar-refractivity contribution < 1.29 is 18.3 Å². The summed E-state index contributed by atoms with van der Waals surface area (Å²) in [5.74, 6) is -2.41. The van der Waals surface area contributed by atoms with Gasteiger partial charge in [0.05, 0.1) is 5.69 Å². The van der Waals surface area contributed by atoms with Gasteiger partial charge >= 0.3 is 5.97 Å². The third-order valence-corrected chi connectivity index (χ3v) is 4.45. The van der Waals surface area contributed by atoms with Crippen molar-refractivity contribution in [3.05, 3.63) is 77.0 Å². The molecule has 3 aromatic rings. The summed E-state index contributed by atoms with van der Waals surface area (Å²) in [5.41, 5.74) is 2.68. The standard InChI is InChI=1S/C20H16F2N2O2/c21-15-9-8-14(11-16(15)22)19-18(17-7-4-10-24(17)23-19)20(25)26-12-13-5-2-1-3-6-13/h1-3,5-6,8-9,11H,4,7,10,12H2. The summed E-state index contributed by atoms with van der Waals surface area (Å²) in [6, 6.07) is 12.9. The maximum Gasteiger partial charge on any atom is 0.342 e. The number of rotatable bonds is 4. The van der Waals surface area contributed by atoms with Gasteiger partial charge in [-0.15, -0.1) is 0 Å². The molecule has 0 aliphatic carbocycles. The molecule has 4 nitrogen and oxygen atoms in total. The Morgan fingerprint density at radius 3 is 2.69 bits per heavy atom. The average molecular weight is 354 g/mol. The van der Waals surface area contributed by atoms with Crippen molar-refractivity contribution >= 4 is 5.97 Å². The van der Waals surface area contributed by atoms with E-state index in [1.54, 1.807) is 4.68 Å². The molecule has 132 valence electrons. The second-order valence-electron chi connectivity index (χ2n) is 6.19. The molecule has 0 amide bonds. The van der Waals surface area contributed by atoms with Gasteiger partial charge in [-0.05, 0) is 36.6 Å². The van der Waals surface area contributed by atoms with E-state index in [-0.39, 0.29) is 6.61 Å². The zero-order valence-electron chi connectivity index (χ0n) is 13.9. The summed E-state index contributed by atoms with van der Waals surface area (Å²) < 4.78 is 34.1. The van der Waals surface area contributed by atoms with Crippen LogP contribution in [0.3, 0.4) is 0 Å². The highest BCUT2D eigenvalue weighted by Gasteiger charge is 2.28. The molecule has 0 spiro atoms. The summed E-state index contributed by atoms with van der Waals surface area (Å²) >= 11 is 0. The van der Waals surface area contributed by atoms with E-state index in [0.717, 1.165) is 29.8 Å². The molecule has 6 heteroatoms. The molecule has 1 aromatic heterocycles. The number of carbonyl (C=O) groups excluding carboxylic acids is 1. The Labute approximate surface area is 149 Å². The Kier molecular flexibility index (Phi) is 4.24. The number of nitrogens with zero attached hydrogens (tertiary/aromatic N) is 2. The molecule has 0 unspecified atom stereocenters. The van der Waals surface area contributed by atoms with Crippen LogP contribution in [0.25, 0.3) is 11.3 Å². The van der Waals surface area contributed by atoms with Crippen molar-refractivity contribution in [2.75, 3.05) is 0 Å². The number of esters is 1. The Balaban J connectivity index is 1.68. The van der Waals surface area contributed by atoms with Gasteiger partial charge < -0.3 is 4.74 Å². The van der Waals surface area contributed by atoms with Crippen molar-refractivity contribution in [2.45, 2.75) is 26.0 Å². The molecule has 2 heterocycles. The Bertz CT molecular complexity index is 967. The predicted molar refractivity (Wildman–Crippen MR) is 91.5 cm³/mol. The third-order valence-electron chi connectivity index (χ3n) is 4.45. The average Bonchev–Trinajstić information content (AvgIpc) is 3.24. The molecule has 0 atom stereocenters. The fourth-order valence-corrected chi connectivity index (χ4v) is 3.19. The predicted octanol–water partition coefficient (Wildman–Crippen LogP) is 4.13. The smallest absolute Gasteiger partial charge is 0.342 e. The molecule has 0 saturated heterocycles. The first-order valence-corrected chi connectivity index (χ1v) is 8.39. The first kappa shape index (κ1) is 16.4. The fraction of sp³-hybridized carbons (Fsp3) is 0.200. The van der Waals surface area contributed by atoms with Crippen molar-refractivity contribution in [1.29, 1.82) is 0 Å². The quantitative estimate of drug-likeness (QED) is 0.662. The Morgan fingerprint density at radius 2 is 1.92 bits per heavy atom. The summed E-state index contributed by atoms with van der Waals surface area (Å²) in [6.45, 7) is 0.833. The van der Waals surface area contributed by atoms with Crippen molar-refractivity contribution in [3.8, 4) is 11.3 Å².